The van der Waals surface area contributed by atoms with Crippen LogP contribution in [0.25, 0.3) is 0 Å². The van der Waals surface area contributed by atoms with Gasteiger partial charge in [-0.25, -0.2) is 4.79 Å². The van der Waals surface area contributed by atoms with Gasteiger partial charge in [-0.05, 0) is 13.3 Å². The molecule has 1 amide bonds. The second-order valence-electron chi connectivity index (χ2n) is 4.08. The number of rotatable bonds is 3. The Hall–Kier alpha value is -1.05. The first-order valence-corrected chi connectivity index (χ1v) is 6.10. The van der Waals surface area contributed by atoms with E-state index in [0.29, 0.717) is 11.3 Å². The van der Waals surface area contributed by atoms with E-state index in [1.807, 2.05) is 0 Å². The van der Waals surface area contributed by atoms with E-state index in [0.717, 1.165) is 16.7 Å². The number of carboxylic acid groups (broad SMARTS) is 1. The van der Waals surface area contributed by atoms with Crippen LogP contribution in [0.3, 0.4) is 0 Å². The molecule has 0 aromatic rings. The van der Waals surface area contributed by atoms with Crippen molar-refractivity contribution >= 4 is 23.6 Å². The molecule has 3 atom stereocenters. The fourth-order valence-electron chi connectivity index (χ4n) is 2.08. The Morgan fingerprint density at radius 1 is 1.65 bits per heavy atom. The fourth-order valence-corrected chi connectivity index (χ4v) is 3.60. The minimum atomic E-state index is -1.87. The quantitative estimate of drug-likeness (QED) is 0.603. The highest BCUT2D eigenvalue weighted by molar-refractivity contribution is 8.04. The van der Waals surface area contributed by atoms with Crippen molar-refractivity contribution in [2.75, 3.05) is 0 Å². The lowest BCUT2D eigenvalue weighted by Gasteiger charge is -2.50. The van der Waals surface area contributed by atoms with Crippen LogP contribution in [0.4, 0.5) is 0 Å². The summed E-state index contributed by atoms with van der Waals surface area (Å²) in [7, 11) is 0. The monoisotopic (exact) mass is 259 g/mol. The molecule has 0 saturated carbocycles. The number of aliphatic carboxylic acids is 1. The molecule has 1 saturated heterocycles. The van der Waals surface area contributed by atoms with E-state index in [2.05, 4.69) is 0 Å². The lowest BCUT2D eigenvalue weighted by molar-refractivity contribution is -0.193. The van der Waals surface area contributed by atoms with Gasteiger partial charge in [0.05, 0.1) is 6.10 Å². The standard InChI is InChI=1S/C10H13NO5S/c1-3-5-6(7(13)14)11-8(15)10(16,4(2)12)9(11)17-5/h4,9,12,16H,3H2,1-2H3,(H,13,14)/t4-,9-,10-/m1/s1. The molecule has 6 nitrogen and oxygen atoms in total. The molecule has 2 aliphatic heterocycles. The van der Waals surface area contributed by atoms with Crippen molar-refractivity contribution in [1.29, 1.82) is 0 Å². The van der Waals surface area contributed by atoms with Crippen LogP contribution in [0, 0.1) is 0 Å². The van der Waals surface area contributed by atoms with E-state index in [9.17, 15) is 19.8 Å². The average molecular weight is 259 g/mol. The zero-order valence-electron chi connectivity index (χ0n) is 9.38. The predicted octanol–water partition coefficient (Wildman–Crippen LogP) is -0.280. The molecular formula is C10H13NO5S. The molecule has 2 aliphatic rings. The highest BCUT2D eigenvalue weighted by atomic mass is 32.2. The highest BCUT2D eigenvalue weighted by Crippen LogP contribution is 2.53. The van der Waals surface area contributed by atoms with Crippen LogP contribution in [0.5, 0.6) is 0 Å². The summed E-state index contributed by atoms with van der Waals surface area (Å²) in [4.78, 5) is 24.5. The average Bonchev–Trinajstić information content (AvgIpc) is 2.63. The van der Waals surface area contributed by atoms with Gasteiger partial charge in [-0.1, -0.05) is 18.7 Å². The number of hydrogen-bond donors (Lipinski definition) is 3. The smallest absolute Gasteiger partial charge is 0.353 e. The van der Waals surface area contributed by atoms with E-state index in [1.54, 1.807) is 6.92 Å². The number of β-lactam (4-membered cyclic amide) rings is 1. The number of aliphatic hydroxyl groups is 2. The van der Waals surface area contributed by atoms with Crippen LogP contribution in [0.1, 0.15) is 20.3 Å². The first-order chi connectivity index (χ1) is 7.85. The summed E-state index contributed by atoms with van der Waals surface area (Å²) in [6.45, 7) is 3.10. The molecule has 0 spiro atoms. The third-order valence-corrected chi connectivity index (χ3v) is 4.65. The van der Waals surface area contributed by atoms with Crippen molar-refractivity contribution in [3.63, 3.8) is 0 Å². The molecule has 2 heterocycles. The molecule has 0 bridgehead atoms. The Labute approximate surface area is 102 Å². The maximum Gasteiger partial charge on any atom is 0.353 e. The molecule has 7 heteroatoms. The van der Waals surface area contributed by atoms with Crippen LogP contribution < -0.4 is 0 Å². The van der Waals surface area contributed by atoms with Crippen LogP contribution in [-0.4, -0.2) is 49.2 Å². The molecule has 0 aromatic heterocycles. The number of nitrogens with zero attached hydrogens (tertiary/aromatic N) is 1. The predicted molar refractivity (Wildman–Crippen MR) is 59.8 cm³/mol. The van der Waals surface area contributed by atoms with Gasteiger partial charge in [0.2, 0.25) is 0 Å². The van der Waals surface area contributed by atoms with Crippen molar-refractivity contribution in [3.8, 4) is 0 Å². The molecule has 94 valence electrons. The van der Waals surface area contributed by atoms with Crippen molar-refractivity contribution in [2.24, 2.45) is 0 Å². The molecule has 0 unspecified atom stereocenters. The minimum absolute atomic E-state index is 0.0715. The third kappa shape index (κ3) is 1.36. The van der Waals surface area contributed by atoms with Crippen LogP contribution in [0.15, 0.2) is 10.6 Å². The van der Waals surface area contributed by atoms with Crippen molar-refractivity contribution < 1.29 is 24.9 Å². The van der Waals surface area contributed by atoms with Gasteiger partial charge in [0, 0.05) is 4.91 Å². The summed E-state index contributed by atoms with van der Waals surface area (Å²) in [5.74, 6) is -1.93. The Balaban J connectivity index is 2.37. The molecule has 3 N–H and O–H groups in total. The number of allylic oxidation sites excluding steroid dienone is 1. The fraction of sp³-hybridized carbons (Fsp3) is 0.600. The zero-order valence-corrected chi connectivity index (χ0v) is 10.2. The molecule has 2 rings (SSSR count). The van der Waals surface area contributed by atoms with Gasteiger partial charge in [0.15, 0.2) is 5.60 Å². The van der Waals surface area contributed by atoms with Gasteiger partial charge in [0.25, 0.3) is 5.91 Å². The third-order valence-electron chi connectivity index (χ3n) is 3.09. The van der Waals surface area contributed by atoms with E-state index in [1.165, 1.54) is 6.92 Å². The van der Waals surface area contributed by atoms with E-state index < -0.39 is 29.0 Å². The van der Waals surface area contributed by atoms with Gasteiger partial charge in [-0.15, -0.1) is 0 Å². The van der Waals surface area contributed by atoms with Crippen molar-refractivity contribution in [3.05, 3.63) is 10.6 Å². The molecular weight excluding hydrogens is 246 g/mol. The molecule has 0 aliphatic carbocycles. The topological polar surface area (TPSA) is 98.1 Å². The van der Waals surface area contributed by atoms with E-state index >= 15 is 0 Å². The first kappa shape index (κ1) is 12.4. The van der Waals surface area contributed by atoms with Gasteiger partial charge in [-0.3, -0.25) is 9.69 Å². The van der Waals surface area contributed by atoms with Crippen molar-refractivity contribution in [2.45, 2.75) is 37.3 Å². The Morgan fingerprint density at radius 3 is 2.65 bits per heavy atom. The maximum absolute atomic E-state index is 11.8. The summed E-state index contributed by atoms with van der Waals surface area (Å²) in [5.41, 5.74) is -1.94. The number of fused-ring (bicyclic) bond motifs is 1. The number of thioether (sulfide) groups is 1. The highest BCUT2D eigenvalue weighted by Gasteiger charge is 2.67. The summed E-state index contributed by atoms with van der Waals surface area (Å²) < 4.78 is 0. The second-order valence-corrected chi connectivity index (χ2v) is 5.25. The SMILES string of the molecule is CCC1=C(C(=O)O)N2C(=O)[C@](O)([C@@H](C)O)[C@H]2S1. The van der Waals surface area contributed by atoms with E-state index in [-0.39, 0.29) is 5.70 Å². The maximum atomic E-state index is 11.8. The lowest BCUT2D eigenvalue weighted by Crippen LogP contribution is -2.75. The normalized spacial score (nSPS) is 33.5. The molecule has 0 aromatic carbocycles. The van der Waals surface area contributed by atoms with Crippen molar-refractivity contribution in [1.82, 2.24) is 4.90 Å². The Kier molecular flexibility index (Phi) is 2.72. The lowest BCUT2D eigenvalue weighted by atomic mass is 9.86. The van der Waals surface area contributed by atoms with Crippen LogP contribution in [0.2, 0.25) is 0 Å². The molecule has 17 heavy (non-hydrogen) atoms. The first-order valence-electron chi connectivity index (χ1n) is 5.22. The summed E-state index contributed by atoms with van der Waals surface area (Å²) in [5, 5.41) is 27.8. The van der Waals surface area contributed by atoms with Gasteiger partial charge < -0.3 is 15.3 Å². The minimum Gasteiger partial charge on any atom is -0.477 e. The number of carbonyl (C=O) groups is 2. The summed E-state index contributed by atoms with van der Waals surface area (Å²) >= 11 is 1.13. The number of amides is 1. The van der Waals surface area contributed by atoms with E-state index in [4.69, 9.17) is 5.11 Å². The zero-order chi connectivity index (χ0) is 13.0. The van der Waals surface area contributed by atoms with Gasteiger partial charge in [-0.2, -0.15) is 0 Å². The number of carboxylic acids is 1. The molecule has 0 radical (unpaired) electrons. The number of carbonyl (C=O) groups excluding carboxylic acids is 1. The summed E-state index contributed by atoms with van der Waals surface area (Å²) in [6, 6.07) is 0. The van der Waals surface area contributed by atoms with Gasteiger partial charge >= 0.3 is 5.97 Å². The number of aliphatic hydroxyl groups excluding tert-OH is 1. The Morgan fingerprint density at radius 2 is 2.24 bits per heavy atom. The summed E-state index contributed by atoms with van der Waals surface area (Å²) in [6.07, 6.45) is -0.752. The molecule has 1 fully saturated rings. The largest absolute Gasteiger partial charge is 0.477 e. The second kappa shape index (κ2) is 3.72. The van der Waals surface area contributed by atoms with Crippen LogP contribution in [-0.2, 0) is 9.59 Å². The van der Waals surface area contributed by atoms with Gasteiger partial charge in [0.1, 0.15) is 11.1 Å². The van der Waals surface area contributed by atoms with Crippen LogP contribution >= 0.6 is 11.8 Å². The Bertz CT molecular complexity index is 432. The number of hydrogen-bond acceptors (Lipinski definition) is 5.